The average molecular weight is 193 g/mol. The van der Waals surface area contributed by atoms with Crippen molar-refractivity contribution in [3.63, 3.8) is 0 Å². The predicted molar refractivity (Wildman–Crippen MR) is 51.9 cm³/mol. The van der Waals surface area contributed by atoms with Gasteiger partial charge in [0.15, 0.2) is 0 Å². The Kier molecular flexibility index (Phi) is 3.35. The van der Waals surface area contributed by atoms with Crippen molar-refractivity contribution < 1.29 is 9.90 Å². The molecule has 0 amide bonds. The molecule has 1 aromatic heterocycles. The van der Waals surface area contributed by atoms with Crippen molar-refractivity contribution in [2.24, 2.45) is 0 Å². The van der Waals surface area contributed by atoms with Crippen LogP contribution in [-0.2, 0) is 0 Å². The van der Waals surface area contributed by atoms with Gasteiger partial charge in [-0.25, -0.2) is 4.79 Å². The summed E-state index contributed by atoms with van der Waals surface area (Å²) in [6.45, 7) is 0. The number of hydrogen-bond donors (Lipinski definition) is 2. The maximum Gasteiger partial charge on any atom is 0.337 e. The lowest BCUT2D eigenvalue weighted by atomic mass is 10.1. The zero-order chi connectivity index (χ0) is 9.68. The molecule has 1 heterocycles. The Morgan fingerprint density at radius 3 is 3.08 bits per heavy atom. The Morgan fingerprint density at radius 2 is 2.46 bits per heavy atom. The fourth-order valence-electron chi connectivity index (χ4n) is 0.815. The molecule has 0 aromatic carbocycles. The summed E-state index contributed by atoms with van der Waals surface area (Å²) >= 11 is 3.90. The highest BCUT2D eigenvalue weighted by Gasteiger charge is 2.06. The Morgan fingerprint density at radius 1 is 1.69 bits per heavy atom. The van der Waals surface area contributed by atoms with Crippen LogP contribution in [0.2, 0.25) is 0 Å². The molecule has 0 aliphatic rings. The first-order valence-corrected chi connectivity index (χ1v) is 4.16. The number of carboxylic acids is 1. The molecule has 0 radical (unpaired) electrons. The molecule has 0 fully saturated rings. The first kappa shape index (κ1) is 9.62. The van der Waals surface area contributed by atoms with Gasteiger partial charge < -0.3 is 5.11 Å². The number of pyridine rings is 1. The van der Waals surface area contributed by atoms with Gasteiger partial charge in [0.2, 0.25) is 0 Å². The summed E-state index contributed by atoms with van der Waals surface area (Å²) in [5.41, 5.74) is 0.591. The fourth-order valence-corrected chi connectivity index (χ4v) is 0.894. The predicted octanol–water partition coefficient (Wildman–Crippen LogP) is 1.06. The van der Waals surface area contributed by atoms with Crippen molar-refractivity contribution in [1.82, 2.24) is 4.98 Å². The maximum atomic E-state index is 10.7. The van der Waals surface area contributed by atoms with E-state index in [0.717, 1.165) is 0 Å². The lowest BCUT2D eigenvalue weighted by molar-refractivity contribution is 0.0696. The van der Waals surface area contributed by atoms with Crippen LogP contribution >= 0.6 is 12.6 Å². The molecule has 0 bridgehead atoms. The van der Waals surface area contributed by atoms with Crippen LogP contribution in [0.25, 0.3) is 0 Å². The van der Waals surface area contributed by atoms with E-state index < -0.39 is 5.97 Å². The summed E-state index contributed by atoms with van der Waals surface area (Å²) in [5.74, 6) is 4.75. The number of carboxylic acid groups (broad SMARTS) is 1. The van der Waals surface area contributed by atoms with Crippen molar-refractivity contribution in [2.45, 2.75) is 0 Å². The van der Waals surface area contributed by atoms with Crippen LogP contribution in [0.1, 0.15) is 15.9 Å². The monoisotopic (exact) mass is 193 g/mol. The average Bonchev–Trinajstić information content (AvgIpc) is 2.15. The van der Waals surface area contributed by atoms with Crippen molar-refractivity contribution >= 4 is 18.6 Å². The van der Waals surface area contributed by atoms with E-state index in [9.17, 15) is 4.79 Å². The molecule has 1 rings (SSSR count). The third-order valence-corrected chi connectivity index (χ3v) is 1.51. The van der Waals surface area contributed by atoms with Gasteiger partial charge in [-0.1, -0.05) is 11.8 Å². The zero-order valence-corrected chi connectivity index (χ0v) is 7.58. The fraction of sp³-hybridized carbons (Fsp3) is 0.111. The molecule has 0 atom stereocenters. The molecule has 0 saturated carbocycles. The van der Waals surface area contributed by atoms with E-state index in [-0.39, 0.29) is 5.56 Å². The van der Waals surface area contributed by atoms with Crippen LogP contribution in [0, 0.1) is 11.8 Å². The Hall–Kier alpha value is -1.47. The Balaban J connectivity index is 3.12. The van der Waals surface area contributed by atoms with Gasteiger partial charge in [0, 0.05) is 12.4 Å². The molecule has 13 heavy (non-hydrogen) atoms. The number of aromatic carboxylic acids is 1. The zero-order valence-electron chi connectivity index (χ0n) is 6.69. The summed E-state index contributed by atoms with van der Waals surface area (Å²) in [7, 11) is 0. The second-order valence-electron chi connectivity index (χ2n) is 2.19. The van der Waals surface area contributed by atoms with Gasteiger partial charge >= 0.3 is 5.97 Å². The van der Waals surface area contributed by atoms with Crippen LogP contribution < -0.4 is 0 Å². The molecular formula is C9H7NO2S. The summed E-state index contributed by atoms with van der Waals surface area (Å²) < 4.78 is 0. The second-order valence-corrected chi connectivity index (χ2v) is 2.50. The van der Waals surface area contributed by atoms with Gasteiger partial charge in [-0.05, 0) is 6.07 Å². The first-order valence-electron chi connectivity index (χ1n) is 3.52. The SMILES string of the molecule is O=C(O)c1ccncc1C#CCS. The van der Waals surface area contributed by atoms with E-state index in [1.807, 2.05) is 0 Å². The van der Waals surface area contributed by atoms with Crippen LogP contribution in [-0.4, -0.2) is 21.8 Å². The molecule has 4 heteroatoms. The molecule has 0 aliphatic carbocycles. The molecule has 1 N–H and O–H groups in total. The Labute approximate surface area is 81.2 Å². The molecule has 0 spiro atoms. The minimum Gasteiger partial charge on any atom is -0.478 e. The van der Waals surface area contributed by atoms with E-state index in [2.05, 4.69) is 29.5 Å². The van der Waals surface area contributed by atoms with E-state index in [1.54, 1.807) is 0 Å². The minimum absolute atomic E-state index is 0.171. The van der Waals surface area contributed by atoms with Gasteiger partial charge in [-0.2, -0.15) is 12.6 Å². The number of carbonyl (C=O) groups is 1. The molecule has 0 saturated heterocycles. The minimum atomic E-state index is -0.995. The second kappa shape index (κ2) is 4.53. The number of nitrogens with zero attached hydrogens (tertiary/aromatic N) is 1. The molecule has 0 aliphatic heterocycles. The van der Waals surface area contributed by atoms with Crippen molar-refractivity contribution in [3.05, 3.63) is 29.6 Å². The number of aromatic nitrogens is 1. The lowest BCUT2D eigenvalue weighted by Gasteiger charge is -1.95. The van der Waals surface area contributed by atoms with Crippen molar-refractivity contribution in [3.8, 4) is 11.8 Å². The van der Waals surface area contributed by atoms with Gasteiger partial charge in [0.25, 0.3) is 0 Å². The lowest BCUT2D eigenvalue weighted by Crippen LogP contribution is -2.00. The summed E-state index contributed by atoms with van der Waals surface area (Å²) in [6, 6.07) is 1.42. The number of thiol groups is 1. The maximum absolute atomic E-state index is 10.7. The Bertz CT molecular complexity index is 379. The van der Waals surface area contributed by atoms with Crippen LogP contribution in [0.4, 0.5) is 0 Å². The van der Waals surface area contributed by atoms with E-state index in [4.69, 9.17) is 5.11 Å². The van der Waals surface area contributed by atoms with E-state index >= 15 is 0 Å². The van der Waals surface area contributed by atoms with Gasteiger partial charge in [-0.15, -0.1) is 0 Å². The number of rotatable bonds is 1. The summed E-state index contributed by atoms with van der Waals surface area (Å²) in [5, 5.41) is 8.75. The third-order valence-electron chi connectivity index (χ3n) is 1.35. The molecular weight excluding hydrogens is 186 g/mol. The molecule has 3 nitrogen and oxygen atoms in total. The van der Waals surface area contributed by atoms with E-state index in [1.165, 1.54) is 18.5 Å². The third kappa shape index (κ3) is 2.49. The standard InChI is InChI=1S/C9H7NO2S/c11-9(12)8-3-4-10-6-7(8)2-1-5-13/h3-4,6,13H,5H2,(H,11,12). The first-order chi connectivity index (χ1) is 6.25. The van der Waals surface area contributed by atoms with Gasteiger partial charge in [-0.3, -0.25) is 4.98 Å². The largest absolute Gasteiger partial charge is 0.478 e. The van der Waals surface area contributed by atoms with E-state index in [0.29, 0.717) is 11.3 Å². The van der Waals surface area contributed by atoms with Crippen molar-refractivity contribution in [2.75, 3.05) is 5.75 Å². The summed E-state index contributed by atoms with van der Waals surface area (Å²) in [4.78, 5) is 14.5. The normalized spacial score (nSPS) is 8.69. The highest BCUT2D eigenvalue weighted by molar-refractivity contribution is 7.80. The molecule has 66 valence electrons. The van der Waals surface area contributed by atoms with Gasteiger partial charge in [0.1, 0.15) is 0 Å². The van der Waals surface area contributed by atoms with Crippen LogP contribution in [0.3, 0.4) is 0 Å². The van der Waals surface area contributed by atoms with Crippen LogP contribution in [0.5, 0.6) is 0 Å². The van der Waals surface area contributed by atoms with Gasteiger partial charge in [0.05, 0.1) is 16.9 Å². The number of hydrogen-bond acceptors (Lipinski definition) is 3. The summed E-state index contributed by atoms with van der Waals surface area (Å²) in [6.07, 6.45) is 2.86. The smallest absolute Gasteiger partial charge is 0.337 e. The molecule has 0 unspecified atom stereocenters. The van der Waals surface area contributed by atoms with Crippen molar-refractivity contribution in [1.29, 1.82) is 0 Å². The highest BCUT2D eigenvalue weighted by atomic mass is 32.1. The highest BCUT2D eigenvalue weighted by Crippen LogP contribution is 2.04. The quantitative estimate of drug-likeness (QED) is 0.518. The van der Waals surface area contributed by atoms with Crippen LogP contribution in [0.15, 0.2) is 18.5 Å². The molecule has 1 aromatic rings. The topological polar surface area (TPSA) is 50.2 Å².